The first-order valence-corrected chi connectivity index (χ1v) is 7.37. The number of carbonyl (C=O) groups excluding carboxylic acids is 1. The van der Waals surface area contributed by atoms with Gasteiger partial charge in [-0.25, -0.2) is 4.79 Å². The van der Waals surface area contributed by atoms with Crippen LogP contribution in [0.5, 0.6) is 0 Å². The van der Waals surface area contributed by atoms with E-state index in [4.69, 9.17) is 0 Å². The van der Waals surface area contributed by atoms with Crippen molar-refractivity contribution < 1.29 is 9.90 Å². The summed E-state index contributed by atoms with van der Waals surface area (Å²) >= 11 is 0. The van der Waals surface area contributed by atoms with E-state index < -0.39 is 0 Å². The molecule has 0 aromatic rings. The van der Waals surface area contributed by atoms with E-state index >= 15 is 0 Å². The SMILES string of the molecule is O=C(NC12CC3CC(CC(C3)C1)C2)N1CC(O)C1. The molecule has 5 rings (SSSR count). The lowest BCUT2D eigenvalue weighted by molar-refractivity contribution is -0.0234. The number of rotatable bonds is 1. The topological polar surface area (TPSA) is 52.6 Å². The van der Waals surface area contributed by atoms with E-state index in [1.807, 2.05) is 0 Å². The fraction of sp³-hybridized carbons (Fsp3) is 0.929. The molecule has 0 aromatic heterocycles. The van der Waals surface area contributed by atoms with Crippen molar-refractivity contribution in [3.8, 4) is 0 Å². The molecule has 0 atom stereocenters. The first-order valence-electron chi connectivity index (χ1n) is 7.37. The molecule has 18 heavy (non-hydrogen) atoms. The average molecular weight is 250 g/mol. The third kappa shape index (κ3) is 1.65. The molecule has 4 saturated carbocycles. The molecule has 1 heterocycles. The van der Waals surface area contributed by atoms with Crippen molar-refractivity contribution in [1.29, 1.82) is 0 Å². The molecule has 100 valence electrons. The largest absolute Gasteiger partial charge is 0.389 e. The maximum Gasteiger partial charge on any atom is 0.318 e. The Hall–Kier alpha value is -0.770. The molecule has 4 nitrogen and oxygen atoms in total. The van der Waals surface area contributed by atoms with Crippen LogP contribution in [0.1, 0.15) is 38.5 Å². The summed E-state index contributed by atoms with van der Waals surface area (Å²) < 4.78 is 0. The van der Waals surface area contributed by atoms with Crippen molar-refractivity contribution in [2.24, 2.45) is 17.8 Å². The zero-order chi connectivity index (χ0) is 12.3. The molecule has 4 aliphatic carbocycles. The van der Waals surface area contributed by atoms with Crippen LogP contribution in [0.2, 0.25) is 0 Å². The lowest BCUT2D eigenvalue weighted by atomic mass is 9.53. The Morgan fingerprint density at radius 2 is 1.56 bits per heavy atom. The van der Waals surface area contributed by atoms with Crippen molar-refractivity contribution in [3.05, 3.63) is 0 Å². The van der Waals surface area contributed by atoms with E-state index in [0.717, 1.165) is 17.8 Å². The van der Waals surface area contributed by atoms with Gasteiger partial charge in [-0.3, -0.25) is 0 Å². The number of likely N-dealkylation sites (tertiary alicyclic amines) is 1. The Labute approximate surface area is 108 Å². The number of aliphatic hydroxyl groups is 1. The van der Waals surface area contributed by atoms with Crippen LogP contribution in [0.3, 0.4) is 0 Å². The van der Waals surface area contributed by atoms with Crippen molar-refractivity contribution in [3.63, 3.8) is 0 Å². The number of nitrogens with zero attached hydrogens (tertiary/aromatic N) is 1. The van der Waals surface area contributed by atoms with Gasteiger partial charge in [0.2, 0.25) is 0 Å². The van der Waals surface area contributed by atoms with Crippen LogP contribution in [0, 0.1) is 17.8 Å². The van der Waals surface area contributed by atoms with Crippen LogP contribution in [-0.2, 0) is 0 Å². The molecule has 4 heteroatoms. The molecule has 4 bridgehead atoms. The van der Waals surface area contributed by atoms with Gasteiger partial charge in [-0.05, 0) is 56.3 Å². The summed E-state index contributed by atoms with van der Waals surface area (Å²) in [5.41, 5.74) is 0.104. The third-order valence-electron chi connectivity index (χ3n) is 5.56. The van der Waals surface area contributed by atoms with Crippen LogP contribution in [0.15, 0.2) is 0 Å². The molecule has 0 aromatic carbocycles. The second kappa shape index (κ2) is 3.62. The smallest absolute Gasteiger partial charge is 0.318 e. The summed E-state index contributed by atoms with van der Waals surface area (Å²) in [5, 5.41) is 12.6. The minimum Gasteiger partial charge on any atom is -0.389 e. The fourth-order valence-electron chi connectivity index (χ4n) is 5.19. The second-order valence-electron chi connectivity index (χ2n) is 7.19. The lowest BCUT2D eigenvalue weighted by Crippen LogP contribution is -2.65. The van der Waals surface area contributed by atoms with Crippen LogP contribution < -0.4 is 5.32 Å². The first-order chi connectivity index (χ1) is 8.62. The normalized spacial score (nSPS) is 46.1. The maximum atomic E-state index is 12.2. The van der Waals surface area contributed by atoms with Crippen molar-refractivity contribution >= 4 is 6.03 Å². The highest BCUT2D eigenvalue weighted by molar-refractivity contribution is 5.76. The van der Waals surface area contributed by atoms with Crippen molar-refractivity contribution in [2.75, 3.05) is 13.1 Å². The molecule has 5 fully saturated rings. The molecular formula is C14H22N2O2. The number of β-amino-alcohol motifs (C(OH)–C–C–N with tert-alkyl or cyclic N) is 1. The third-order valence-corrected chi connectivity index (χ3v) is 5.56. The molecule has 0 radical (unpaired) electrons. The Morgan fingerprint density at radius 1 is 1.06 bits per heavy atom. The summed E-state index contributed by atoms with van der Waals surface area (Å²) in [4.78, 5) is 13.9. The minimum absolute atomic E-state index is 0.0576. The van der Waals surface area contributed by atoms with Gasteiger partial charge in [-0.1, -0.05) is 0 Å². The van der Waals surface area contributed by atoms with Gasteiger partial charge >= 0.3 is 6.03 Å². The van der Waals surface area contributed by atoms with Gasteiger partial charge in [-0.15, -0.1) is 0 Å². The highest BCUT2D eigenvalue weighted by atomic mass is 16.3. The second-order valence-corrected chi connectivity index (χ2v) is 7.19. The van der Waals surface area contributed by atoms with Crippen LogP contribution in [-0.4, -0.2) is 40.8 Å². The number of hydrogen-bond acceptors (Lipinski definition) is 2. The highest BCUT2D eigenvalue weighted by Crippen LogP contribution is 2.55. The van der Waals surface area contributed by atoms with Gasteiger partial charge < -0.3 is 15.3 Å². The molecule has 0 unspecified atom stereocenters. The van der Waals surface area contributed by atoms with Gasteiger partial charge in [0.05, 0.1) is 19.2 Å². The van der Waals surface area contributed by atoms with Crippen LogP contribution in [0.4, 0.5) is 4.79 Å². The van der Waals surface area contributed by atoms with E-state index in [1.54, 1.807) is 4.90 Å². The molecule has 1 saturated heterocycles. The molecular weight excluding hydrogens is 228 g/mol. The number of nitrogens with one attached hydrogen (secondary N) is 1. The Balaban J connectivity index is 1.46. The number of carbonyl (C=O) groups is 1. The highest BCUT2D eigenvalue weighted by Gasteiger charge is 2.52. The molecule has 2 N–H and O–H groups in total. The zero-order valence-corrected chi connectivity index (χ0v) is 10.8. The number of hydrogen-bond donors (Lipinski definition) is 2. The predicted octanol–water partition coefficient (Wildman–Crippen LogP) is 1.34. The summed E-state index contributed by atoms with van der Waals surface area (Å²) in [7, 11) is 0. The minimum atomic E-state index is -0.299. The van der Waals surface area contributed by atoms with E-state index in [0.29, 0.717) is 13.1 Å². The Morgan fingerprint density at radius 3 is 2.00 bits per heavy atom. The number of urea groups is 1. The van der Waals surface area contributed by atoms with E-state index in [2.05, 4.69) is 5.32 Å². The zero-order valence-electron chi connectivity index (χ0n) is 10.8. The Bertz CT molecular complexity index is 341. The Kier molecular flexibility index (Phi) is 2.23. The first kappa shape index (κ1) is 11.1. The van der Waals surface area contributed by atoms with Crippen LogP contribution in [0.25, 0.3) is 0 Å². The van der Waals surface area contributed by atoms with E-state index in [-0.39, 0.29) is 17.7 Å². The quantitative estimate of drug-likeness (QED) is 0.738. The van der Waals surface area contributed by atoms with E-state index in [1.165, 1.54) is 38.5 Å². The van der Waals surface area contributed by atoms with Gasteiger partial charge in [-0.2, -0.15) is 0 Å². The molecule has 1 aliphatic heterocycles. The predicted molar refractivity (Wildman–Crippen MR) is 67.0 cm³/mol. The van der Waals surface area contributed by atoms with E-state index in [9.17, 15) is 9.90 Å². The average Bonchev–Trinajstić information content (AvgIpc) is 2.21. The monoisotopic (exact) mass is 250 g/mol. The van der Waals surface area contributed by atoms with Crippen LogP contribution >= 0.6 is 0 Å². The molecule has 5 aliphatic rings. The van der Waals surface area contributed by atoms with Gasteiger partial charge in [0.15, 0.2) is 0 Å². The van der Waals surface area contributed by atoms with Gasteiger partial charge in [0.1, 0.15) is 0 Å². The van der Waals surface area contributed by atoms with Crippen molar-refractivity contribution in [1.82, 2.24) is 10.2 Å². The summed E-state index contributed by atoms with van der Waals surface area (Å²) in [5.74, 6) is 2.58. The number of aliphatic hydroxyl groups excluding tert-OH is 1. The lowest BCUT2D eigenvalue weighted by Gasteiger charge is -2.57. The van der Waals surface area contributed by atoms with Crippen molar-refractivity contribution in [2.45, 2.75) is 50.2 Å². The standard InChI is InChI=1S/C14H22N2O2/c17-12-7-16(8-12)13(18)15-14-4-9-1-10(5-14)3-11(2-9)6-14/h9-12,17H,1-8H2,(H,15,18). The van der Waals surface area contributed by atoms with Gasteiger partial charge in [0.25, 0.3) is 0 Å². The number of amides is 2. The fourth-order valence-corrected chi connectivity index (χ4v) is 5.19. The molecule has 2 amide bonds. The summed E-state index contributed by atoms with van der Waals surface area (Å²) in [6.45, 7) is 1.02. The summed E-state index contributed by atoms with van der Waals surface area (Å²) in [6, 6.07) is 0.0576. The molecule has 0 spiro atoms. The van der Waals surface area contributed by atoms with Gasteiger partial charge in [0, 0.05) is 5.54 Å². The maximum absolute atomic E-state index is 12.2. The summed E-state index contributed by atoms with van der Waals surface area (Å²) in [6.07, 6.45) is 7.49.